The SMILES string of the molecule is C[C@H]1[C@H](OS(N)(=O)=O)C(O)(O)[C@]23NC(N)=[NH+][C@H]2[C@H](CO)NC(N)=[N+]13. The van der Waals surface area contributed by atoms with Crippen molar-refractivity contribution in [1.82, 2.24) is 10.6 Å². The molecular formula is C10H21N7O6S+2. The summed E-state index contributed by atoms with van der Waals surface area (Å²) in [6.45, 7) is 1.07. The van der Waals surface area contributed by atoms with Gasteiger partial charge in [-0.25, -0.2) is 19.2 Å². The van der Waals surface area contributed by atoms with Gasteiger partial charge in [-0.1, -0.05) is 0 Å². The number of rotatable bonds is 3. The third-order valence-electron chi connectivity index (χ3n) is 4.70. The van der Waals surface area contributed by atoms with E-state index in [1.807, 2.05) is 0 Å². The lowest BCUT2D eigenvalue weighted by molar-refractivity contribution is -0.690. The Hall–Kier alpha value is -1.71. The van der Waals surface area contributed by atoms with Crippen LogP contribution in [0.5, 0.6) is 0 Å². The van der Waals surface area contributed by atoms with Crippen LogP contribution in [0.25, 0.3) is 0 Å². The summed E-state index contributed by atoms with van der Waals surface area (Å²) in [5.74, 6) is -2.80. The maximum atomic E-state index is 11.3. The molecule has 0 unspecified atom stereocenters. The molecular weight excluding hydrogens is 346 g/mol. The number of nitrogens with one attached hydrogen (secondary N) is 3. The van der Waals surface area contributed by atoms with E-state index in [1.165, 1.54) is 11.5 Å². The van der Waals surface area contributed by atoms with Gasteiger partial charge in [-0.2, -0.15) is 8.42 Å². The Morgan fingerprint density at radius 3 is 2.58 bits per heavy atom. The largest absolute Gasteiger partial charge is 0.393 e. The third kappa shape index (κ3) is 2.01. The van der Waals surface area contributed by atoms with Gasteiger partial charge in [0.15, 0.2) is 12.1 Å². The first-order valence-electron chi connectivity index (χ1n) is 7.07. The average molecular weight is 367 g/mol. The highest BCUT2D eigenvalue weighted by molar-refractivity contribution is 7.84. The fraction of sp³-hybridized carbons (Fsp3) is 0.800. The summed E-state index contributed by atoms with van der Waals surface area (Å²) in [6, 6.07) is -2.54. The lowest BCUT2D eigenvalue weighted by Gasteiger charge is -2.40. The topological polar surface area (TPSA) is 223 Å². The van der Waals surface area contributed by atoms with E-state index >= 15 is 0 Å². The fourth-order valence-corrected chi connectivity index (χ4v) is 4.48. The molecule has 136 valence electrons. The lowest BCUT2D eigenvalue weighted by atomic mass is 9.86. The number of nitrogens with two attached hydrogens (primary N) is 3. The number of hydrogen-bond acceptors (Lipinski definition) is 10. The van der Waals surface area contributed by atoms with Crippen molar-refractivity contribution in [2.24, 2.45) is 16.6 Å². The first-order valence-corrected chi connectivity index (χ1v) is 8.55. The van der Waals surface area contributed by atoms with Gasteiger partial charge in [0.1, 0.15) is 12.1 Å². The summed E-state index contributed by atoms with van der Waals surface area (Å²) < 4.78 is 28.7. The van der Waals surface area contributed by atoms with E-state index in [4.69, 9.17) is 20.8 Å². The van der Waals surface area contributed by atoms with Crippen molar-refractivity contribution >= 4 is 22.2 Å². The predicted octanol–water partition coefficient (Wildman–Crippen LogP) is -7.99. The number of hydrogen-bond donors (Lipinski definition) is 9. The number of aliphatic hydroxyl groups is 3. The molecule has 14 heteroatoms. The van der Waals surface area contributed by atoms with Gasteiger partial charge in [0.05, 0.1) is 6.61 Å². The fourth-order valence-electron chi connectivity index (χ4n) is 3.90. The molecule has 0 aliphatic carbocycles. The summed E-state index contributed by atoms with van der Waals surface area (Å²) in [7, 11) is -4.49. The number of nitrogens with zero attached hydrogens (tertiary/aromatic N) is 1. The van der Waals surface area contributed by atoms with E-state index < -0.39 is 52.6 Å². The Morgan fingerprint density at radius 1 is 1.42 bits per heavy atom. The average Bonchev–Trinajstić information content (AvgIpc) is 2.86. The molecule has 5 atom stereocenters. The Labute approximate surface area is 137 Å². The molecule has 0 amide bonds. The molecule has 3 rings (SSSR count). The van der Waals surface area contributed by atoms with E-state index in [0.717, 1.165) is 0 Å². The van der Waals surface area contributed by atoms with Gasteiger partial charge < -0.3 is 15.3 Å². The maximum absolute atomic E-state index is 11.3. The van der Waals surface area contributed by atoms with Crippen molar-refractivity contribution in [1.29, 1.82) is 0 Å². The standard InChI is InChI=1S/C10H19N7O6S/c1-3-6(23-24(13,21)22)10(19,20)9-5(15-7(11)16-9)4(2-18)14-8(12)17(3)9/h3-6,18-20H,2H2,1H3,(H7,11,12,13,14,15,16,21,22)/p+2/t3-,4-,5-,6-,9-/m0/s1. The highest BCUT2D eigenvalue weighted by Gasteiger charge is 2.80. The summed E-state index contributed by atoms with van der Waals surface area (Å²) in [6.07, 6.45) is -1.67. The van der Waals surface area contributed by atoms with Crippen molar-refractivity contribution in [3.05, 3.63) is 0 Å². The molecule has 0 saturated carbocycles. The molecule has 1 spiro atoms. The van der Waals surface area contributed by atoms with Crippen molar-refractivity contribution in [3.8, 4) is 0 Å². The minimum atomic E-state index is -4.49. The molecule has 0 bridgehead atoms. The van der Waals surface area contributed by atoms with Crippen LogP contribution >= 0.6 is 0 Å². The molecule has 13 nitrogen and oxygen atoms in total. The molecule has 12 N–H and O–H groups in total. The molecule has 3 aliphatic rings. The smallest absolute Gasteiger partial charge is 0.347 e. The summed E-state index contributed by atoms with van der Waals surface area (Å²) >= 11 is 0. The van der Waals surface area contributed by atoms with Crippen LogP contribution in [0.15, 0.2) is 0 Å². The normalized spacial score (nSPS) is 40.5. The Bertz CT molecular complexity index is 736. The van der Waals surface area contributed by atoms with Crippen molar-refractivity contribution in [2.75, 3.05) is 6.61 Å². The third-order valence-corrected chi connectivity index (χ3v) is 5.17. The van der Waals surface area contributed by atoms with Crippen molar-refractivity contribution in [3.63, 3.8) is 0 Å². The van der Waals surface area contributed by atoms with Crippen LogP contribution in [0.1, 0.15) is 6.92 Å². The van der Waals surface area contributed by atoms with Gasteiger partial charge in [-0.3, -0.25) is 21.8 Å². The second-order valence-corrected chi connectivity index (χ2v) is 7.27. The van der Waals surface area contributed by atoms with Crippen LogP contribution in [0.4, 0.5) is 0 Å². The van der Waals surface area contributed by atoms with Gasteiger partial charge in [-0.15, -0.1) is 0 Å². The Balaban J connectivity index is 2.21. The van der Waals surface area contributed by atoms with E-state index in [1.54, 1.807) is 0 Å². The van der Waals surface area contributed by atoms with Crippen LogP contribution < -0.4 is 32.2 Å². The number of aliphatic hydroxyl groups excluding tert-OH is 1. The van der Waals surface area contributed by atoms with Gasteiger partial charge in [0.2, 0.25) is 0 Å². The molecule has 0 aromatic rings. The van der Waals surface area contributed by atoms with Gasteiger partial charge in [0.25, 0.3) is 11.4 Å². The zero-order valence-corrected chi connectivity index (χ0v) is 13.5. The van der Waals surface area contributed by atoms with E-state index in [-0.39, 0.29) is 11.9 Å². The number of guanidine groups is 2. The van der Waals surface area contributed by atoms with E-state index in [0.29, 0.717) is 0 Å². The Kier molecular flexibility index (Phi) is 3.50. The second kappa shape index (κ2) is 4.90. The van der Waals surface area contributed by atoms with Crippen LogP contribution in [-0.2, 0) is 14.5 Å². The highest BCUT2D eigenvalue weighted by Crippen LogP contribution is 2.42. The molecule has 0 aromatic carbocycles. The Morgan fingerprint density at radius 2 is 2.04 bits per heavy atom. The molecule has 3 heterocycles. The zero-order valence-electron chi connectivity index (χ0n) is 12.7. The maximum Gasteiger partial charge on any atom is 0.347 e. The molecule has 1 saturated heterocycles. The van der Waals surface area contributed by atoms with Crippen LogP contribution in [0.2, 0.25) is 0 Å². The van der Waals surface area contributed by atoms with Crippen LogP contribution in [0, 0.1) is 0 Å². The van der Waals surface area contributed by atoms with Crippen LogP contribution in [-0.4, -0.2) is 82.5 Å². The first kappa shape index (κ1) is 17.1. The van der Waals surface area contributed by atoms with Crippen molar-refractivity contribution in [2.45, 2.75) is 42.6 Å². The van der Waals surface area contributed by atoms with Crippen molar-refractivity contribution < 1.29 is 37.5 Å². The molecule has 3 aliphatic heterocycles. The summed E-state index contributed by atoms with van der Waals surface area (Å²) in [5.41, 5.74) is 9.93. The molecule has 0 aromatic heterocycles. The van der Waals surface area contributed by atoms with Crippen LogP contribution in [0.3, 0.4) is 0 Å². The molecule has 0 radical (unpaired) electrons. The monoisotopic (exact) mass is 367 g/mol. The predicted molar refractivity (Wildman–Crippen MR) is 77.9 cm³/mol. The summed E-state index contributed by atoms with van der Waals surface area (Å²) in [4.78, 5) is 2.79. The minimum absolute atomic E-state index is 0.00381. The quantitative estimate of drug-likeness (QED) is 0.169. The highest BCUT2D eigenvalue weighted by atomic mass is 32.2. The lowest BCUT2D eigenvalue weighted by Crippen LogP contribution is -2.92. The second-order valence-electron chi connectivity index (χ2n) is 6.09. The summed E-state index contributed by atoms with van der Waals surface area (Å²) in [5, 5.41) is 41.6. The van der Waals surface area contributed by atoms with Gasteiger partial charge >= 0.3 is 22.2 Å². The molecule has 1 fully saturated rings. The van der Waals surface area contributed by atoms with E-state index in [9.17, 15) is 23.7 Å². The minimum Gasteiger partial charge on any atom is -0.393 e. The van der Waals surface area contributed by atoms with Gasteiger partial charge in [-0.05, 0) is 6.92 Å². The van der Waals surface area contributed by atoms with Gasteiger partial charge in [0, 0.05) is 0 Å². The zero-order chi connectivity index (χ0) is 18.1. The molecule has 24 heavy (non-hydrogen) atoms. The first-order chi connectivity index (χ1) is 11.0. The van der Waals surface area contributed by atoms with E-state index in [2.05, 4.69) is 15.6 Å².